The number of fused-ring (bicyclic) bond motifs is 3. The summed E-state index contributed by atoms with van der Waals surface area (Å²) in [5.41, 5.74) is 4.87. The van der Waals surface area contributed by atoms with Gasteiger partial charge in [0.25, 0.3) is 0 Å². The summed E-state index contributed by atoms with van der Waals surface area (Å²) < 4.78 is 0. The molecule has 1 fully saturated rings. The molecule has 0 spiro atoms. The fourth-order valence-corrected chi connectivity index (χ4v) is 3.43. The first-order chi connectivity index (χ1) is 9.74. The van der Waals surface area contributed by atoms with E-state index in [1.165, 1.54) is 24.0 Å². The molecule has 1 aromatic heterocycles. The fraction of sp³-hybridized carbons (Fsp3) is 0.438. The van der Waals surface area contributed by atoms with Crippen LogP contribution in [0, 0.1) is 19.8 Å². The first-order valence-electron chi connectivity index (χ1n) is 7.26. The molecule has 1 heterocycles. The number of hydrogen-bond donors (Lipinski definition) is 1. The van der Waals surface area contributed by atoms with Gasteiger partial charge < -0.3 is 5.32 Å². The van der Waals surface area contributed by atoms with Crippen LogP contribution in [-0.2, 0) is 6.42 Å². The highest BCUT2D eigenvalue weighted by Crippen LogP contribution is 2.55. The standard InChI is InChI=1S/C16H18N4/c1-9-10(2)19-20-16(17-9)18-15-13-8-7-11-5-3-4-6-12(11)14(13)15/h3-6,13-15H,7-8H2,1-2H3,(H,17,18,20). The molecule has 0 saturated heterocycles. The number of benzene rings is 1. The Hall–Kier alpha value is -1.97. The third-order valence-electron chi connectivity index (χ3n) is 4.72. The predicted molar refractivity (Wildman–Crippen MR) is 77.7 cm³/mol. The van der Waals surface area contributed by atoms with Crippen LogP contribution in [0.5, 0.6) is 0 Å². The van der Waals surface area contributed by atoms with Gasteiger partial charge in [-0.25, -0.2) is 4.98 Å². The molecule has 0 bridgehead atoms. The van der Waals surface area contributed by atoms with Crippen molar-refractivity contribution in [3.63, 3.8) is 0 Å². The number of aromatic nitrogens is 3. The SMILES string of the molecule is Cc1nnc(NC2C3CCc4ccccc4C32)nc1C. The summed E-state index contributed by atoms with van der Waals surface area (Å²) in [6, 6.07) is 9.29. The monoisotopic (exact) mass is 266 g/mol. The van der Waals surface area contributed by atoms with E-state index < -0.39 is 0 Å². The quantitative estimate of drug-likeness (QED) is 0.908. The molecule has 0 aliphatic heterocycles. The molecule has 2 aliphatic rings. The average molecular weight is 266 g/mol. The molecule has 4 heteroatoms. The molecule has 2 aliphatic carbocycles. The van der Waals surface area contributed by atoms with E-state index in [1.807, 2.05) is 13.8 Å². The van der Waals surface area contributed by atoms with Crippen LogP contribution in [0.3, 0.4) is 0 Å². The molecule has 4 rings (SSSR count). The van der Waals surface area contributed by atoms with Gasteiger partial charge in [-0.1, -0.05) is 24.3 Å². The Kier molecular flexibility index (Phi) is 2.52. The first kappa shape index (κ1) is 11.8. The molecule has 1 aromatic carbocycles. The van der Waals surface area contributed by atoms with E-state index in [4.69, 9.17) is 0 Å². The second kappa shape index (κ2) is 4.27. The van der Waals surface area contributed by atoms with Crippen molar-refractivity contribution in [1.82, 2.24) is 15.2 Å². The number of nitrogens with one attached hydrogen (secondary N) is 1. The van der Waals surface area contributed by atoms with Gasteiger partial charge in [0, 0.05) is 12.0 Å². The van der Waals surface area contributed by atoms with Crippen LogP contribution in [0.4, 0.5) is 5.95 Å². The lowest BCUT2D eigenvalue weighted by Gasteiger charge is -2.13. The van der Waals surface area contributed by atoms with Crippen LogP contribution >= 0.6 is 0 Å². The molecule has 3 atom stereocenters. The molecule has 20 heavy (non-hydrogen) atoms. The Morgan fingerprint density at radius 3 is 2.80 bits per heavy atom. The molecule has 102 valence electrons. The maximum absolute atomic E-state index is 4.48. The first-order valence-corrected chi connectivity index (χ1v) is 7.26. The molecule has 2 aromatic rings. The zero-order chi connectivity index (χ0) is 13.7. The lowest BCUT2D eigenvalue weighted by molar-refractivity contribution is 0.661. The lowest BCUT2D eigenvalue weighted by Crippen LogP contribution is -2.11. The van der Waals surface area contributed by atoms with Gasteiger partial charge in [-0.05, 0) is 43.7 Å². The molecule has 4 nitrogen and oxygen atoms in total. The fourth-order valence-electron chi connectivity index (χ4n) is 3.43. The van der Waals surface area contributed by atoms with Crippen molar-refractivity contribution in [2.24, 2.45) is 5.92 Å². The minimum atomic E-state index is 0.475. The van der Waals surface area contributed by atoms with E-state index in [0.717, 1.165) is 17.3 Å². The van der Waals surface area contributed by atoms with Crippen molar-refractivity contribution in [3.05, 3.63) is 46.8 Å². The minimum Gasteiger partial charge on any atom is -0.349 e. The highest BCUT2D eigenvalue weighted by molar-refractivity contribution is 5.45. The average Bonchev–Trinajstić information content (AvgIpc) is 3.17. The Morgan fingerprint density at radius 1 is 1.10 bits per heavy atom. The van der Waals surface area contributed by atoms with Crippen LogP contribution in [0.1, 0.15) is 34.9 Å². The van der Waals surface area contributed by atoms with Crippen LogP contribution in [-0.4, -0.2) is 21.2 Å². The van der Waals surface area contributed by atoms with Gasteiger partial charge in [0.2, 0.25) is 5.95 Å². The summed E-state index contributed by atoms with van der Waals surface area (Å²) >= 11 is 0. The second-order valence-corrected chi connectivity index (χ2v) is 5.90. The van der Waals surface area contributed by atoms with Crippen LogP contribution in [0.15, 0.2) is 24.3 Å². The second-order valence-electron chi connectivity index (χ2n) is 5.90. The van der Waals surface area contributed by atoms with Gasteiger partial charge in [-0.3, -0.25) is 0 Å². The largest absolute Gasteiger partial charge is 0.349 e. The van der Waals surface area contributed by atoms with Crippen molar-refractivity contribution in [2.45, 2.75) is 38.6 Å². The highest BCUT2D eigenvalue weighted by atomic mass is 15.3. The number of rotatable bonds is 2. The normalized spacial score (nSPS) is 26.6. The summed E-state index contributed by atoms with van der Waals surface area (Å²) in [5, 5.41) is 11.8. The van der Waals surface area contributed by atoms with Gasteiger partial charge >= 0.3 is 0 Å². The molecule has 1 N–H and O–H groups in total. The zero-order valence-corrected chi connectivity index (χ0v) is 11.8. The van der Waals surface area contributed by atoms with Crippen molar-refractivity contribution < 1.29 is 0 Å². The summed E-state index contributed by atoms with van der Waals surface area (Å²) in [5.74, 6) is 2.03. The number of anilines is 1. The van der Waals surface area contributed by atoms with Gasteiger partial charge in [-0.2, -0.15) is 5.10 Å². The van der Waals surface area contributed by atoms with E-state index in [2.05, 4.69) is 44.8 Å². The Labute approximate surface area is 118 Å². The van der Waals surface area contributed by atoms with Crippen LogP contribution < -0.4 is 5.32 Å². The van der Waals surface area contributed by atoms with Crippen molar-refractivity contribution in [3.8, 4) is 0 Å². The third kappa shape index (κ3) is 1.79. The molecule has 3 unspecified atom stereocenters. The van der Waals surface area contributed by atoms with Crippen LogP contribution in [0.25, 0.3) is 0 Å². The van der Waals surface area contributed by atoms with Gasteiger partial charge in [-0.15, -0.1) is 5.10 Å². The zero-order valence-electron chi connectivity index (χ0n) is 11.8. The van der Waals surface area contributed by atoms with Gasteiger partial charge in [0.05, 0.1) is 11.4 Å². The molecular weight excluding hydrogens is 248 g/mol. The maximum Gasteiger partial charge on any atom is 0.243 e. The van der Waals surface area contributed by atoms with Gasteiger partial charge in [0.15, 0.2) is 0 Å². The van der Waals surface area contributed by atoms with E-state index in [0.29, 0.717) is 17.9 Å². The third-order valence-corrected chi connectivity index (χ3v) is 4.72. The summed E-state index contributed by atoms with van der Waals surface area (Å²) in [6.07, 6.45) is 2.46. The smallest absolute Gasteiger partial charge is 0.243 e. The Morgan fingerprint density at radius 2 is 1.95 bits per heavy atom. The molecule has 0 amide bonds. The van der Waals surface area contributed by atoms with E-state index in [9.17, 15) is 0 Å². The topological polar surface area (TPSA) is 50.7 Å². The van der Waals surface area contributed by atoms with Gasteiger partial charge in [0.1, 0.15) is 0 Å². The van der Waals surface area contributed by atoms with Crippen molar-refractivity contribution in [1.29, 1.82) is 0 Å². The minimum absolute atomic E-state index is 0.475. The van der Waals surface area contributed by atoms with E-state index in [-0.39, 0.29) is 0 Å². The van der Waals surface area contributed by atoms with Crippen LogP contribution in [0.2, 0.25) is 0 Å². The lowest BCUT2D eigenvalue weighted by atomic mass is 9.92. The summed E-state index contributed by atoms with van der Waals surface area (Å²) in [6.45, 7) is 3.91. The predicted octanol–water partition coefficient (Wildman–Crippen LogP) is 2.63. The summed E-state index contributed by atoms with van der Waals surface area (Å²) in [4.78, 5) is 4.48. The maximum atomic E-state index is 4.48. The van der Waals surface area contributed by atoms with Crippen molar-refractivity contribution >= 4 is 5.95 Å². The molecule has 1 saturated carbocycles. The van der Waals surface area contributed by atoms with E-state index in [1.54, 1.807) is 0 Å². The molecular formula is C16H18N4. The van der Waals surface area contributed by atoms with Crippen molar-refractivity contribution in [2.75, 3.05) is 5.32 Å². The number of nitrogens with zero attached hydrogens (tertiary/aromatic N) is 3. The Bertz CT molecular complexity index is 667. The highest BCUT2D eigenvalue weighted by Gasteiger charge is 2.53. The summed E-state index contributed by atoms with van der Waals surface area (Å²) in [7, 11) is 0. The Balaban J connectivity index is 1.57. The number of hydrogen-bond acceptors (Lipinski definition) is 4. The van der Waals surface area contributed by atoms with E-state index >= 15 is 0 Å². The molecule has 0 radical (unpaired) electrons. The number of aryl methyl sites for hydroxylation is 3.